The van der Waals surface area contributed by atoms with Gasteiger partial charge in [0.15, 0.2) is 0 Å². The third-order valence-electron chi connectivity index (χ3n) is 2.06. The Morgan fingerprint density at radius 1 is 1.67 bits per heavy atom. The van der Waals surface area contributed by atoms with E-state index in [9.17, 15) is 0 Å². The lowest BCUT2D eigenvalue weighted by Crippen LogP contribution is -2.35. The lowest BCUT2D eigenvalue weighted by Gasteiger charge is -2.20. The van der Waals surface area contributed by atoms with Crippen LogP contribution in [0.4, 0.5) is 0 Å². The number of hydrogen-bond acceptors (Lipinski definition) is 2. The maximum absolute atomic E-state index is 5.53. The summed E-state index contributed by atoms with van der Waals surface area (Å²) in [5.41, 5.74) is 5.53. The van der Waals surface area contributed by atoms with E-state index in [0.717, 1.165) is 13.1 Å². The Labute approximate surface area is 57.0 Å². The third kappa shape index (κ3) is 1.43. The second-order valence-corrected chi connectivity index (χ2v) is 2.57. The molecule has 9 heavy (non-hydrogen) atoms. The molecular weight excluding hydrogens is 112 g/mol. The van der Waals surface area contributed by atoms with Gasteiger partial charge < -0.3 is 5.73 Å². The highest BCUT2D eigenvalue weighted by Gasteiger charge is 2.20. The van der Waals surface area contributed by atoms with Crippen molar-refractivity contribution in [1.29, 1.82) is 0 Å². The van der Waals surface area contributed by atoms with Crippen molar-refractivity contribution >= 4 is 0 Å². The molecule has 0 aromatic carbocycles. The van der Waals surface area contributed by atoms with Gasteiger partial charge in [-0.1, -0.05) is 0 Å². The average molecular weight is 127 g/mol. The molecule has 2 N–H and O–H groups in total. The summed E-state index contributed by atoms with van der Waals surface area (Å²) in [6.07, 6.45) is 2.57. The maximum Gasteiger partial charge on any atom is 0.0218 e. The molecule has 2 nitrogen and oxygen atoms in total. The van der Waals surface area contributed by atoms with Gasteiger partial charge in [-0.05, 0) is 32.9 Å². The minimum absolute atomic E-state index is 0.627. The van der Waals surface area contributed by atoms with Crippen LogP contribution in [-0.2, 0) is 0 Å². The molecule has 0 aromatic heterocycles. The molecule has 1 radical (unpaired) electrons. The van der Waals surface area contributed by atoms with E-state index in [0.29, 0.717) is 6.04 Å². The summed E-state index contributed by atoms with van der Waals surface area (Å²) in [6, 6.07) is 0.627. The molecule has 0 spiro atoms. The summed E-state index contributed by atoms with van der Waals surface area (Å²) in [5.74, 6) is 0. The van der Waals surface area contributed by atoms with Gasteiger partial charge in [-0.2, -0.15) is 0 Å². The highest BCUT2D eigenvalue weighted by Crippen LogP contribution is 2.14. The van der Waals surface area contributed by atoms with Crippen molar-refractivity contribution in [3.63, 3.8) is 0 Å². The molecule has 1 atom stereocenters. The topological polar surface area (TPSA) is 29.3 Å². The predicted molar refractivity (Wildman–Crippen MR) is 39.0 cm³/mol. The van der Waals surface area contributed by atoms with Gasteiger partial charge in [-0.25, -0.2) is 0 Å². The Balaban J connectivity index is 2.32. The summed E-state index contributed by atoms with van der Waals surface area (Å²) in [7, 11) is 0. The maximum atomic E-state index is 5.53. The van der Waals surface area contributed by atoms with Crippen molar-refractivity contribution in [3.8, 4) is 0 Å². The van der Waals surface area contributed by atoms with Gasteiger partial charge in [0.05, 0.1) is 0 Å². The second-order valence-electron chi connectivity index (χ2n) is 2.57. The van der Waals surface area contributed by atoms with Crippen LogP contribution in [-0.4, -0.2) is 30.6 Å². The lowest BCUT2D eigenvalue weighted by atomic mass is 10.2. The van der Waals surface area contributed by atoms with Gasteiger partial charge in [0.2, 0.25) is 0 Å². The standard InChI is InChI=1S/C7H15N2/c1-2-9-5-3-4-7(9)6-8/h7H,1-6,8H2. The molecule has 1 unspecified atom stereocenters. The SMILES string of the molecule is [CH2]CN1CCCC1CN. The van der Waals surface area contributed by atoms with Crippen LogP contribution in [0.25, 0.3) is 0 Å². The number of nitrogens with zero attached hydrogens (tertiary/aromatic N) is 1. The van der Waals surface area contributed by atoms with E-state index in [4.69, 9.17) is 5.73 Å². The quantitative estimate of drug-likeness (QED) is 0.576. The molecule has 1 rings (SSSR count). The molecule has 2 heteroatoms. The van der Waals surface area contributed by atoms with E-state index in [2.05, 4.69) is 11.8 Å². The first-order valence-electron chi connectivity index (χ1n) is 3.62. The Morgan fingerprint density at radius 3 is 2.89 bits per heavy atom. The van der Waals surface area contributed by atoms with Crippen molar-refractivity contribution in [3.05, 3.63) is 6.92 Å². The fourth-order valence-electron chi connectivity index (χ4n) is 1.46. The average Bonchev–Trinajstić information content (AvgIpc) is 2.33. The van der Waals surface area contributed by atoms with E-state index < -0.39 is 0 Å². The van der Waals surface area contributed by atoms with Crippen LogP contribution in [0.15, 0.2) is 0 Å². The monoisotopic (exact) mass is 127 g/mol. The van der Waals surface area contributed by atoms with Gasteiger partial charge >= 0.3 is 0 Å². The molecule has 0 amide bonds. The summed E-state index contributed by atoms with van der Waals surface area (Å²) in [5, 5.41) is 0. The van der Waals surface area contributed by atoms with Crippen molar-refractivity contribution in [1.82, 2.24) is 4.90 Å². The Kier molecular flexibility index (Phi) is 2.49. The molecule has 1 saturated heterocycles. The fraction of sp³-hybridized carbons (Fsp3) is 0.857. The summed E-state index contributed by atoms with van der Waals surface area (Å²) < 4.78 is 0. The smallest absolute Gasteiger partial charge is 0.0218 e. The van der Waals surface area contributed by atoms with Crippen LogP contribution < -0.4 is 5.73 Å². The van der Waals surface area contributed by atoms with Crippen LogP contribution in [0.2, 0.25) is 0 Å². The largest absolute Gasteiger partial charge is 0.329 e. The van der Waals surface area contributed by atoms with Crippen molar-refractivity contribution < 1.29 is 0 Å². The minimum atomic E-state index is 0.627. The van der Waals surface area contributed by atoms with Gasteiger partial charge in [0, 0.05) is 12.6 Å². The molecular formula is C7H15N2. The van der Waals surface area contributed by atoms with Gasteiger partial charge in [-0.15, -0.1) is 0 Å². The number of hydrogen-bond donors (Lipinski definition) is 1. The Hall–Kier alpha value is -0.0800. The van der Waals surface area contributed by atoms with E-state index in [1.54, 1.807) is 0 Å². The second kappa shape index (κ2) is 3.18. The lowest BCUT2D eigenvalue weighted by molar-refractivity contribution is 0.285. The van der Waals surface area contributed by atoms with E-state index in [1.807, 2.05) is 0 Å². The number of nitrogens with two attached hydrogens (primary N) is 1. The highest BCUT2D eigenvalue weighted by atomic mass is 15.2. The fourth-order valence-corrected chi connectivity index (χ4v) is 1.46. The first-order valence-corrected chi connectivity index (χ1v) is 3.62. The molecule has 0 aromatic rings. The molecule has 0 saturated carbocycles. The van der Waals surface area contributed by atoms with Crippen LogP contribution in [0.5, 0.6) is 0 Å². The van der Waals surface area contributed by atoms with Crippen LogP contribution in [0, 0.1) is 6.92 Å². The first-order chi connectivity index (χ1) is 4.38. The zero-order valence-electron chi connectivity index (χ0n) is 5.84. The van der Waals surface area contributed by atoms with Crippen LogP contribution >= 0.6 is 0 Å². The zero-order chi connectivity index (χ0) is 6.69. The van der Waals surface area contributed by atoms with E-state index in [-0.39, 0.29) is 0 Å². The van der Waals surface area contributed by atoms with Crippen LogP contribution in [0.1, 0.15) is 12.8 Å². The van der Waals surface area contributed by atoms with Crippen molar-refractivity contribution in [2.75, 3.05) is 19.6 Å². The van der Waals surface area contributed by atoms with Gasteiger partial charge in [0.25, 0.3) is 0 Å². The minimum Gasteiger partial charge on any atom is -0.329 e. The molecule has 53 valence electrons. The molecule has 1 heterocycles. The number of likely N-dealkylation sites (tertiary alicyclic amines) is 1. The van der Waals surface area contributed by atoms with Crippen LogP contribution in [0.3, 0.4) is 0 Å². The predicted octanol–water partition coefficient (Wildman–Crippen LogP) is 0.244. The Morgan fingerprint density at radius 2 is 2.44 bits per heavy atom. The van der Waals surface area contributed by atoms with Gasteiger partial charge in [-0.3, -0.25) is 4.90 Å². The van der Waals surface area contributed by atoms with Crippen molar-refractivity contribution in [2.24, 2.45) is 5.73 Å². The third-order valence-corrected chi connectivity index (χ3v) is 2.06. The van der Waals surface area contributed by atoms with Crippen molar-refractivity contribution in [2.45, 2.75) is 18.9 Å². The molecule has 0 aliphatic carbocycles. The summed E-state index contributed by atoms with van der Waals surface area (Å²) >= 11 is 0. The summed E-state index contributed by atoms with van der Waals surface area (Å²) in [4.78, 5) is 2.35. The zero-order valence-corrected chi connectivity index (χ0v) is 5.84. The molecule has 1 aliphatic heterocycles. The van der Waals surface area contributed by atoms with Gasteiger partial charge in [0.1, 0.15) is 0 Å². The molecule has 1 aliphatic rings. The molecule has 1 fully saturated rings. The van der Waals surface area contributed by atoms with E-state index in [1.165, 1.54) is 19.4 Å². The highest BCUT2D eigenvalue weighted by molar-refractivity contribution is 4.79. The Bertz CT molecular complexity index is 73.0. The molecule has 0 bridgehead atoms. The number of rotatable bonds is 2. The normalized spacial score (nSPS) is 29.3. The summed E-state index contributed by atoms with van der Waals surface area (Å²) in [6.45, 7) is 6.76. The first kappa shape index (κ1) is 7.03. The van der Waals surface area contributed by atoms with E-state index >= 15 is 0 Å².